The fourth-order valence-electron chi connectivity index (χ4n) is 2.70. The highest BCUT2D eigenvalue weighted by atomic mass is 15.3. The number of anilines is 1. The minimum absolute atomic E-state index is 0.129. The first-order valence-corrected chi connectivity index (χ1v) is 5.52. The Morgan fingerprint density at radius 3 is 3.07 bits per heavy atom. The predicted octanol–water partition coefficient (Wildman–Crippen LogP) is 1.01. The molecule has 0 radical (unpaired) electrons. The number of aryl methyl sites for hydroxylation is 1. The van der Waals surface area contributed by atoms with Gasteiger partial charge in [-0.05, 0) is 18.3 Å². The monoisotopic (exact) mass is 204 g/mol. The van der Waals surface area contributed by atoms with E-state index in [4.69, 9.17) is 5.41 Å². The van der Waals surface area contributed by atoms with Crippen LogP contribution in [0.25, 0.3) is 0 Å². The van der Waals surface area contributed by atoms with E-state index in [1.54, 1.807) is 0 Å². The van der Waals surface area contributed by atoms with Gasteiger partial charge < -0.3 is 5.32 Å². The van der Waals surface area contributed by atoms with Gasteiger partial charge in [0.2, 0.25) is 5.95 Å². The zero-order valence-corrected chi connectivity index (χ0v) is 9.22. The maximum atomic E-state index is 8.25. The van der Waals surface area contributed by atoms with Gasteiger partial charge in [-0.2, -0.15) is 0 Å². The van der Waals surface area contributed by atoms with E-state index in [2.05, 4.69) is 24.1 Å². The first-order chi connectivity index (χ1) is 7.09. The van der Waals surface area contributed by atoms with Crippen molar-refractivity contribution in [1.82, 2.24) is 9.55 Å². The van der Waals surface area contributed by atoms with Crippen LogP contribution in [-0.4, -0.2) is 16.1 Å². The molecule has 0 amide bonds. The van der Waals surface area contributed by atoms with E-state index >= 15 is 0 Å². The Morgan fingerprint density at radius 2 is 2.27 bits per heavy atom. The molecule has 2 heterocycles. The van der Waals surface area contributed by atoms with Crippen molar-refractivity contribution in [2.24, 2.45) is 0 Å². The summed E-state index contributed by atoms with van der Waals surface area (Å²) >= 11 is 0. The van der Waals surface area contributed by atoms with Crippen LogP contribution in [0.2, 0.25) is 0 Å². The maximum Gasteiger partial charge on any atom is 0.204 e. The Kier molecular flexibility index (Phi) is 1.56. The highest BCUT2D eigenvalue weighted by Crippen LogP contribution is 2.35. The van der Waals surface area contributed by atoms with E-state index in [-0.39, 0.29) is 5.41 Å². The molecule has 4 heteroatoms. The van der Waals surface area contributed by atoms with E-state index in [9.17, 15) is 0 Å². The topological polar surface area (TPSA) is 53.7 Å². The summed E-state index contributed by atoms with van der Waals surface area (Å²) in [6.07, 6.45) is 2.13. The summed E-state index contributed by atoms with van der Waals surface area (Å²) in [7, 11) is 0. The minimum Gasteiger partial charge on any atom is -0.354 e. The van der Waals surface area contributed by atoms with E-state index in [0.717, 1.165) is 43.1 Å². The molecule has 0 aromatic carbocycles. The first kappa shape index (κ1) is 8.95. The van der Waals surface area contributed by atoms with Crippen LogP contribution < -0.4 is 10.8 Å². The quantitative estimate of drug-likeness (QED) is 0.662. The molecule has 1 aliphatic carbocycles. The minimum atomic E-state index is 0.129. The number of nitrogens with one attached hydrogen (secondary N) is 2. The summed E-state index contributed by atoms with van der Waals surface area (Å²) in [6.45, 7) is 6.22. The SMILES string of the molecule is CC1(C)CCc2nc3n(c(=N)c21)CCN3. The van der Waals surface area contributed by atoms with Gasteiger partial charge >= 0.3 is 0 Å². The van der Waals surface area contributed by atoms with E-state index in [1.165, 1.54) is 0 Å². The second kappa shape index (κ2) is 2.62. The van der Waals surface area contributed by atoms with Crippen LogP contribution in [0.3, 0.4) is 0 Å². The number of rotatable bonds is 0. The molecule has 2 N–H and O–H groups in total. The summed E-state index contributed by atoms with van der Waals surface area (Å²) in [6, 6.07) is 0. The lowest BCUT2D eigenvalue weighted by molar-refractivity contribution is 0.509. The molecule has 0 saturated carbocycles. The first-order valence-electron chi connectivity index (χ1n) is 5.52. The number of nitrogens with zero attached hydrogens (tertiary/aromatic N) is 2. The van der Waals surface area contributed by atoms with Gasteiger partial charge in [0.25, 0.3) is 0 Å². The van der Waals surface area contributed by atoms with Gasteiger partial charge in [0.15, 0.2) is 0 Å². The second-order valence-corrected chi connectivity index (χ2v) is 5.07. The molecule has 0 atom stereocenters. The van der Waals surface area contributed by atoms with Crippen LogP contribution in [0.4, 0.5) is 5.95 Å². The number of aromatic nitrogens is 2. The standard InChI is InChI=1S/C11H16N4/c1-11(2)4-3-7-8(11)9(12)15-6-5-13-10(15)14-7/h12H,3-6H2,1-2H3,(H,13,14). The van der Waals surface area contributed by atoms with Crippen molar-refractivity contribution in [2.45, 2.75) is 38.6 Å². The van der Waals surface area contributed by atoms with Gasteiger partial charge in [-0.15, -0.1) is 0 Å². The van der Waals surface area contributed by atoms with Gasteiger partial charge in [0.05, 0.1) is 5.69 Å². The number of hydrogen-bond acceptors (Lipinski definition) is 3. The van der Waals surface area contributed by atoms with Crippen molar-refractivity contribution in [3.63, 3.8) is 0 Å². The summed E-state index contributed by atoms with van der Waals surface area (Å²) in [5.74, 6) is 0.886. The molecule has 1 aromatic heterocycles. The van der Waals surface area contributed by atoms with Crippen LogP contribution in [0.5, 0.6) is 0 Å². The molecule has 0 fully saturated rings. The van der Waals surface area contributed by atoms with Crippen molar-refractivity contribution in [3.05, 3.63) is 16.7 Å². The van der Waals surface area contributed by atoms with Crippen LogP contribution >= 0.6 is 0 Å². The van der Waals surface area contributed by atoms with Crippen LogP contribution in [-0.2, 0) is 18.4 Å². The zero-order chi connectivity index (χ0) is 10.6. The molecule has 80 valence electrons. The Labute approximate surface area is 88.9 Å². The molecule has 0 unspecified atom stereocenters. The Morgan fingerprint density at radius 1 is 1.47 bits per heavy atom. The fraction of sp³-hybridized carbons (Fsp3) is 0.636. The van der Waals surface area contributed by atoms with Crippen LogP contribution in [0.15, 0.2) is 0 Å². The second-order valence-electron chi connectivity index (χ2n) is 5.07. The zero-order valence-electron chi connectivity index (χ0n) is 9.22. The lowest BCUT2D eigenvalue weighted by Crippen LogP contribution is -2.30. The molecule has 0 spiro atoms. The highest BCUT2D eigenvalue weighted by Gasteiger charge is 2.34. The largest absolute Gasteiger partial charge is 0.354 e. The summed E-state index contributed by atoms with van der Waals surface area (Å²) < 4.78 is 1.99. The number of hydrogen-bond donors (Lipinski definition) is 2. The van der Waals surface area contributed by atoms with Crippen molar-refractivity contribution >= 4 is 5.95 Å². The Balaban J connectivity index is 2.33. The van der Waals surface area contributed by atoms with Gasteiger partial charge in [-0.25, -0.2) is 4.98 Å². The molecule has 4 nitrogen and oxygen atoms in total. The molecule has 3 rings (SSSR count). The van der Waals surface area contributed by atoms with Crippen molar-refractivity contribution in [2.75, 3.05) is 11.9 Å². The van der Waals surface area contributed by atoms with E-state index < -0.39 is 0 Å². The average molecular weight is 204 g/mol. The average Bonchev–Trinajstić information content (AvgIpc) is 2.72. The lowest BCUT2D eigenvalue weighted by Gasteiger charge is -2.19. The normalized spacial score (nSPS) is 20.9. The molecule has 0 saturated heterocycles. The smallest absolute Gasteiger partial charge is 0.204 e. The highest BCUT2D eigenvalue weighted by molar-refractivity contribution is 5.39. The van der Waals surface area contributed by atoms with Gasteiger partial charge in [0, 0.05) is 18.7 Å². The summed E-state index contributed by atoms with van der Waals surface area (Å²) in [4.78, 5) is 4.62. The summed E-state index contributed by atoms with van der Waals surface area (Å²) in [5, 5.41) is 11.5. The van der Waals surface area contributed by atoms with Gasteiger partial charge in [0.1, 0.15) is 5.49 Å². The molecule has 0 bridgehead atoms. The third-order valence-corrected chi connectivity index (χ3v) is 3.57. The molecule has 1 aliphatic heterocycles. The number of fused-ring (bicyclic) bond motifs is 2. The maximum absolute atomic E-state index is 8.25. The predicted molar refractivity (Wildman–Crippen MR) is 57.9 cm³/mol. The van der Waals surface area contributed by atoms with Crippen LogP contribution in [0, 0.1) is 5.41 Å². The Hall–Kier alpha value is -1.32. The molecule has 2 aliphatic rings. The van der Waals surface area contributed by atoms with Gasteiger partial charge in [-0.3, -0.25) is 9.98 Å². The van der Waals surface area contributed by atoms with Gasteiger partial charge in [-0.1, -0.05) is 13.8 Å². The summed E-state index contributed by atoms with van der Waals surface area (Å²) in [5.41, 5.74) is 3.09. The molecular weight excluding hydrogens is 188 g/mol. The fourth-order valence-corrected chi connectivity index (χ4v) is 2.70. The van der Waals surface area contributed by atoms with Crippen molar-refractivity contribution in [3.8, 4) is 0 Å². The van der Waals surface area contributed by atoms with Crippen molar-refractivity contribution in [1.29, 1.82) is 5.41 Å². The third-order valence-electron chi connectivity index (χ3n) is 3.57. The molecule has 1 aromatic rings. The van der Waals surface area contributed by atoms with Crippen molar-refractivity contribution < 1.29 is 0 Å². The molecular formula is C11H16N4. The van der Waals surface area contributed by atoms with E-state index in [1.807, 2.05) is 4.57 Å². The lowest BCUT2D eigenvalue weighted by atomic mass is 9.88. The Bertz CT molecular complexity index is 484. The van der Waals surface area contributed by atoms with Crippen LogP contribution in [0.1, 0.15) is 31.5 Å². The molecule has 15 heavy (non-hydrogen) atoms. The third kappa shape index (κ3) is 1.07. The van der Waals surface area contributed by atoms with E-state index in [0.29, 0.717) is 5.49 Å².